The summed E-state index contributed by atoms with van der Waals surface area (Å²) in [5, 5.41) is 13.5. The van der Waals surface area contributed by atoms with Gasteiger partial charge in [-0.1, -0.05) is 0 Å². The van der Waals surface area contributed by atoms with Gasteiger partial charge in [-0.3, -0.25) is 10.1 Å². The third-order valence-corrected chi connectivity index (χ3v) is 1.74. The van der Waals surface area contributed by atoms with E-state index in [1.54, 1.807) is 0 Å². The zero-order chi connectivity index (χ0) is 9.84. The highest BCUT2D eigenvalue weighted by Gasteiger charge is 2.08. The van der Waals surface area contributed by atoms with E-state index < -0.39 is 4.92 Å². The number of azide groups is 1. The number of hydrogen-bond acceptors (Lipinski definition) is 4. The lowest BCUT2D eigenvalue weighted by atomic mass is 10.4. The Kier molecular flexibility index (Phi) is 2.78. The molecule has 0 atom stereocenters. The van der Waals surface area contributed by atoms with Crippen LogP contribution >= 0.6 is 15.9 Å². The maximum absolute atomic E-state index is 10.3. The molecule has 0 aromatic carbocycles. The summed E-state index contributed by atoms with van der Waals surface area (Å²) in [5.41, 5.74) is 7.92. The molecule has 7 nitrogen and oxygen atoms in total. The fourth-order valence-electron chi connectivity index (χ4n) is 0.636. The van der Waals surface area contributed by atoms with Crippen molar-refractivity contribution in [2.75, 3.05) is 0 Å². The lowest BCUT2D eigenvalue weighted by molar-refractivity contribution is -0.385. The van der Waals surface area contributed by atoms with E-state index in [-0.39, 0.29) is 11.5 Å². The van der Waals surface area contributed by atoms with Crippen molar-refractivity contribution < 1.29 is 4.92 Å². The molecule has 1 heterocycles. The number of nitro groups is 1. The maximum Gasteiger partial charge on any atom is 0.288 e. The van der Waals surface area contributed by atoms with Crippen LogP contribution in [0.4, 0.5) is 11.5 Å². The van der Waals surface area contributed by atoms with Crippen molar-refractivity contribution in [1.29, 1.82) is 0 Å². The van der Waals surface area contributed by atoms with Crippen LogP contribution in [0, 0.1) is 10.1 Å². The highest BCUT2D eigenvalue weighted by molar-refractivity contribution is 9.10. The minimum absolute atomic E-state index is 0.0769. The van der Waals surface area contributed by atoms with E-state index in [9.17, 15) is 10.1 Å². The summed E-state index contributed by atoms with van der Waals surface area (Å²) in [7, 11) is 0. The monoisotopic (exact) mass is 243 g/mol. The highest BCUT2D eigenvalue weighted by atomic mass is 79.9. The molecular weight excluding hydrogens is 242 g/mol. The van der Waals surface area contributed by atoms with Gasteiger partial charge in [-0.05, 0) is 26.6 Å². The van der Waals surface area contributed by atoms with Crippen LogP contribution < -0.4 is 0 Å². The minimum atomic E-state index is -0.586. The van der Waals surface area contributed by atoms with Gasteiger partial charge in [0.15, 0.2) is 0 Å². The predicted molar refractivity (Wildman–Crippen MR) is 47.4 cm³/mol. The summed E-state index contributed by atoms with van der Waals surface area (Å²) in [6.45, 7) is 0. The molecule has 0 amide bonds. The molecular formula is C5H2BrN5O2. The smallest absolute Gasteiger partial charge is 0.258 e. The number of pyridine rings is 1. The molecule has 1 rings (SSSR count). The highest BCUT2D eigenvalue weighted by Crippen LogP contribution is 2.26. The van der Waals surface area contributed by atoms with Gasteiger partial charge in [0.1, 0.15) is 12.0 Å². The van der Waals surface area contributed by atoms with Gasteiger partial charge in [0.05, 0.1) is 9.40 Å². The van der Waals surface area contributed by atoms with E-state index in [1.165, 1.54) is 6.07 Å². The first-order chi connectivity index (χ1) is 6.15. The average molecular weight is 244 g/mol. The van der Waals surface area contributed by atoms with E-state index >= 15 is 0 Å². The zero-order valence-corrected chi connectivity index (χ0v) is 7.67. The SMILES string of the molecule is [N-]=[N+]=Nc1ncc([N+](=O)[O-])cc1Br. The first kappa shape index (κ1) is 9.43. The molecule has 0 aliphatic carbocycles. The van der Waals surface area contributed by atoms with Gasteiger partial charge in [-0.2, -0.15) is 0 Å². The van der Waals surface area contributed by atoms with Crippen molar-refractivity contribution in [3.63, 3.8) is 0 Å². The van der Waals surface area contributed by atoms with Crippen LogP contribution in [0.3, 0.4) is 0 Å². The van der Waals surface area contributed by atoms with E-state index in [4.69, 9.17) is 5.53 Å². The van der Waals surface area contributed by atoms with Gasteiger partial charge in [0.25, 0.3) is 5.69 Å². The van der Waals surface area contributed by atoms with Crippen molar-refractivity contribution in [1.82, 2.24) is 4.98 Å². The van der Waals surface area contributed by atoms with Crippen LogP contribution in [0.2, 0.25) is 0 Å². The summed E-state index contributed by atoms with van der Waals surface area (Å²) in [5.74, 6) is 0.0769. The Hall–Kier alpha value is -1.66. The van der Waals surface area contributed by atoms with Gasteiger partial charge >= 0.3 is 0 Å². The topological polar surface area (TPSA) is 105 Å². The second kappa shape index (κ2) is 3.83. The fraction of sp³-hybridized carbons (Fsp3) is 0. The van der Waals surface area contributed by atoms with Gasteiger partial charge < -0.3 is 0 Å². The van der Waals surface area contributed by atoms with Crippen molar-refractivity contribution in [3.8, 4) is 0 Å². The van der Waals surface area contributed by atoms with Crippen LogP contribution in [0.15, 0.2) is 21.9 Å². The van der Waals surface area contributed by atoms with Crippen LogP contribution in [0.25, 0.3) is 10.4 Å². The lowest BCUT2D eigenvalue weighted by Gasteiger charge is -1.94. The second-order valence-electron chi connectivity index (χ2n) is 1.95. The minimum Gasteiger partial charge on any atom is -0.258 e. The van der Waals surface area contributed by atoms with Crippen LogP contribution in [0.1, 0.15) is 0 Å². The van der Waals surface area contributed by atoms with Crippen molar-refractivity contribution in [2.45, 2.75) is 0 Å². The van der Waals surface area contributed by atoms with Crippen LogP contribution in [-0.4, -0.2) is 9.91 Å². The maximum atomic E-state index is 10.3. The molecule has 0 fully saturated rings. The zero-order valence-electron chi connectivity index (χ0n) is 6.09. The Balaban J connectivity index is 3.19. The molecule has 13 heavy (non-hydrogen) atoms. The molecule has 1 aromatic heterocycles. The summed E-state index contributed by atoms with van der Waals surface area (Å²) >= 11 is 2.98. The summed E-state index contributed by atoms with van der Waals surface area (Å²) in [4.78, 5) is 15.8. The third kappa shape index (κ3) is 2.14. The van der Waals surface area contributed by atoms with E-state index in [2.05, 4.69) is 30.9 Å². The molecule has 0 N–H and O–H groups in total. The molecule has 0 saturated carbocycles. The van der Waals surface area contributed by atoms with Gasteiger partial charge in [-0.15, -0.1) is 0 Å². The van der Waals surface area contributed by atoms with Crippen molar-refractivity contribution >= 4 is 27.4 Å². The molecule has 0 aliphatic rings. The number of rotatable bonds is 2. The number of nitrogens with zero attached hydrogens (tertiary/aromatic N) is 5. The van der Waals surface area contributed by atoms with E-state index in [0.717, 1.165) is 6.20 Å². The molecule has 0 bridgehead atoms. The van der Waals surface area contributed by atoms with Gasteiger partial charge in [0.2, 0.25) is 0 Å². The summed E-state index contributed by atoms with van der Waals surface area (Å²) < 4.78 is 0.291. The molecule has 8 heteroatoms. The van der Waals surface area contributed by atoms with Crippen LogP contribution in [0.5, 0.6) is 0 Å². The molecule has 0 radical (unpaired) electrons. The Morgan fingerprint density at radius 1 is 1.77 bits per heavy atom. The Morgan fingerprint density at radius 2 is 2.46 bits per heavy atom. The van der Waals surface area contributed by atoms with Crippen LogP contribution in [-0.2, 0) is 0 Å². The molecule has 0 unspecified atom stereocenters. The molecule has 66 valence electrons. The Labute approximate surface area is 80.3 Å². The number of halogens is 1. The molecule has 0 aliphatic heterocycles. The molecule has 1 aromatic rings. The van der Waals surface area contributed by atoms with E-state index in [1.807, 2.05) is 0 Å². The molecule has 0 spiro atoms. The summed E-state index contributed by atoms with van der Waals surface area (Å²) in [6.07, 6.45) is 1.02. The first-order valence-electron chi connectivity index (χ1n) is 3.00. The van der Waals surface area contributed by atoms with Gasteiger partial charge in [0, 0.05) is 11.0 Å². The second-order valence-corrected chi connectivity index (χ2v) is 2.80. The third-order valence-electron chi connectivity index (χ3n) is 1.16. The number of hydrogen-bond donors (Lipinski definition) is 0. The quantitative estimate of drug-likeness (QED) is 0.262. The Morgan fingerprint density at radius 3 is 2.92 bits per heavy atom. The molecule has 0 saturated heterocycles. The Bertz CT molecular complexity index is 400. The van der Waals surface area contributed by atoms with Crippen molar-refractivity contribution in [2.24, 2.45) is 5.11 Å². The summed E-state index contributed by atoms with van der Waals surface area (Å²) in [6, 6.07) is 1.22. The largest absolute Gasteiger partial charge is 0.288 e. The standard InChI is InChI=1S/C5H2BrN5O2/c6-4-1-3(11(12)13)2-8-5(4)9-10-7/h1-2H. The van der Waals surface area contributed by atoms with Gasteiger partial charge in [-0.25, -0.2) is 4.98 Å². The number of aromatic nitrogens is 1. The van der Waals surface area contributed by atoms with E-state index in [0.29, 0.717) is 4.47 Å². The predicted octanol–water partition coefficient (Wildman–Crippen LogP) is 2.69. The normalized spacial score (nSPS) is 9.00. The lowest BCUT2D eigenvalue weighted by Crippen LogP contribution is -1.88. The first-order valence-corrected chi connectivity index (χ1v) is 3.79. The van der Waals surface area contributed by atoms with Crippen molar-refractivity contribution in [3.05, 3.63) is 37.3 Å². The fourth-order valence-corrected chi connectivity index (χ4v) is 1.05. The average Bonchev–Trinajstić information content (AvgIpc) is 2.08.